The number of benzene rings is 1. The number of thiazole rings is 1. The smallest absolute Gasteiger partial charge is 0.389 e. The Balaban J connectivity index is 1.61. The number of anilines is 2. The summed E-state index contributed by atoms with van der Waals surface area (Å²) in [5.74, 6) is -1.44. The second kappa shape index (κ2) is 9.68. The van der Waals surface area contributed by atoms with E-state index in [1.807, 2.05) is 0 Å². The molecular weight excluding hydrogens is 495 g/mol. The van der Waals surface area contributed by atoms with Gasteiger partial charge in [0.05, 0.1) is 24.2 Å². The number of nitrogens with one attached hydrogen (secondary N) is 1. The summed E-state index contributed by atoms with van der Waals surface area (Å²) in [6, 6.07) is 2.26. The Hall–Kier alpha value is -2.81. The van der Waals surface area contributed by atoms with Gasteiger partial charge >= 0.3 is 6.18 Å². The lowest BCUT2D eigenvalue weighted by Gasteiger charge is -2.19. The van der Waals surface area contributed by atoms with Crippen molar-refractivity contribution in [3.8, 4) is 10.6 Å². The maximum absolute atomic E-state index is 14.0. The Morgan fingerprint density at radius 1 is 1.31 bits per heavy atom. The molecule has 1 fully saturated rings. The molecule has 0 saturated carbocycles. The molecule has 4 rings (SSSR count). The third-order valence-corrected chi connectivity index (χ3v) is 6.67. The molecule has 1 unspecified atom stereocenters. The van der Waals surface area contributed by atoms with Crippen LogP contribution in [0.4, 0.5) is 32.6 Å². The van der Waals surface area contributed by atoms with E-state index in [4.69, 9.17) is 16.2 Å². The number of rotatable bonds is 5. The van der Waals surface area contributed by atoms with E-state index in [0.29, 0.717) is 41.6 Å². The number of aliphatic hydroxyl groups excluding tert-OH is 1. The van der Waals surface area contributed by atoms with Crippen LogP contribution < -0.4 is 16.8 Å². The van der Waals surface area contributed by atoms with Crippen molar-refractivity contribution in [3.05, 3.63) is 47.2 Å². The predicted molar refractivity (Wildman–Crippen MR) is 120 cm³/mol. The zero-order chi connectivity index (χ0) is 25.5. The number of aryl methyl sites for hydroxylation is 1. The molecule has 8 nitrogen and oxygen atoms in total. The van der Waals surface area contributed by atoms with Gasteiger partial charge in [-0.05, 0) is 18.9 Å². The van der Waals surface area contributed by atoms with Crippen LogP contribution in [-0.2, 0) is 18.0 Å². The third kappa shape index (κ3) is 5.10. The van der Waals surface area contributed by atoms with Gasteiger partial charge in [0.15, 0.2) is 6.23 Å². The summed E-state index contributed by atoms with van der Waals surface area (Å²) in [5, 5.41) is 17.4. The fourth-order valence-corrected chi connectivity index (χ4v) is 4.85. The SMILES string of the molecule is Cn1ncc(NC(O)c2nc(-c3cccc(F)c3C(F)(F)F)sc2N)c1[C@@H]1CC[C@@H](N)[C@H](F)CO1. The van der Waals surface area contributed by atoms with E-state index in [2.05, 4.69) is 15.4 Å². The molecule has 0 radical (unpaired) electrons. The number of nitrogen functional groups attached to an aromatic ring is 1. The Bertz CT molecular complexity index is 1190. The van der Waals surface area contributed by atoms with Crippen molar-refractivity contribution in [1.82, 2.24) is 14.8 Å². The fraction of sp³-hybridized carbons (Fsp3) is 0.429. The molecule has 2 aromatic heterocycles. The van der Waals surface area contributed by atoms with Crippen LogP contribution >= 0.6 is 11.3 Å². The van der Waals surface area contributed by atoms with Gasteiger partial charge in [0.25, 0.3) is 0 Å². The van der Waals surface area contributed by atoms with Crippen LogP contribution in [-0.4, -0.2) is 38.7 Å². The minimum atomic E-state index is -4.96. The molecule has 3 heterocycles. The monoisotopic (exact) mass is 518 g/mol. The van der Waals surface area contributed by atoms with Crippen molar-refractivity contribution in [2.75, 3.05) is 17.7 Å². The summed E-state index contributed by atoms with van der Waals surface area (Å²) in [6.07, 6.45) is -6.17. The maximum atomic E-state index is 14.0. The van der Waals surface area contributed by atoms with Crippen molar-refractivity contribution in [3.63, 3.8) is 0 Å². The highest BCUT2D eigenvalue weighted by Gasteiger charge is 2.38. The molecule has 4 atom stereocenters. The molecular formula is C21H23F5N6O2S. The van der Waals surface area contributed by atoms with Gasteiger partial charge < -0.3 is 26.6 Å². The number of aromatic nitrogens is 3. The van der Waals surface area contributed by atoms with Crippen LogP contribution in [0.2, 0.25) is 0 Å². The molecule has 35 heavy (non-hydrogen) atoms. The summed E-state index contributed by atoms with van der Waals surface area (Å²) in [4.78, 5) is 4.07. The highest BCUT2D eigenvalue weighted by molar-refractivity contribution is 7.19. The third-order valence-electron chi connectivity index (χ3n) is 5.73. The van der Waals surface area contributed by atoms with Crippen molar-refractivity contribution in [1.29, 1.82) is 0 Å². The van der Waals surface area contributed by atoms with Crippen LogP contribution in [0, 0.1) is 5.82 Å². The first-order valence-corrected chi connectivity index (χ1v) is 11.4. The topological polar surface area (TPSA) is 124 Å². The van der Waals surface area contributed by atoms with Crippen molar-refractivity contribution >= 4 is 22.0 Å². The van der Waals surface area contributed by atoms with Gasteiger partial charge in [0.1, 0.15) is 39.4 Å². The Morgan fingerprint density at radius 2 is 2.06 bits per heavy atom. The molecule has 14 heteroatoms. The van der Waals surface area contributed by atoms with Gasteiger partial charge in [-0.1, -0.05) is 23.5 Å². The first-order chi connectivity index (χ1) is 16.5. The molecule has 0 spiro atoms. The number of alkyl halides is 4. The molecule has 1 aliphatic rings. The second-order valence-corrected chi connectivity index (χ2v) is 9.15. The lowest BCUT2D eigenvalue weighted by Crippen LogP contribution is -2.32. The van der Waals surface area contributed by atoms with Gasteiger partial charge in [-0.25, -0.2) is 13.8 Å². The predicted octanol–water partition coefficient (Wildman–Crippen LogP) is 3.90. The van der Waals surface area contributed by atoms with Gasteiger partial charge in [-0.3, -0.25) is 4.68 Å². The number of hydrogen-bond acceptors (Lipinski definition) is 8. The summed E-state index contributed by atoms with van der Waals surface area (Å²) < 4.78 is 75.4. The van der Waals surface area contributed by atoms with Crippen molar-refractivity contribution in [2.45, 2.75) is 43.6 Å². The minimum Gasteiger partial charge on any atom is -0.389 e. The number of nitrogens with zero attached hydrogens (tertiary/aromatic N) is 3. The van der Waals surface area contributed by atoms with Crippen LogP contribution in [0.1, 0.15) is 42.1 Å². The van der Waals surface area contributed by atoms with Gasteiger partial charge in [0.2, 0.25) is 0 Å². The molecule has 0 amide bonds. The van der Waals surface area contributed by atoms with E-state index in [0.717, 1.165) is 12.1 Å². The first-order valence-electron chi connectivity index (χ1n) is 10.6. The summed E-state index contributed by atoms with van der Waals surface area (Å²) in [7, 11) is 1.64. The highest BCUT2D eigenvalue weighted by atomic mass is 32.1. The maximum Gasteiger partial charge on any atom is 0.419 e. The van der Waals surface area contributed by atoms with E-state index in [9.17, 15) is 27.1 Å². The molecule has 1 aliphatic heterocycles. The van der Waals surface area contributed by atoms with E-state index >= 15 is 0 Å². The van der Waals surface area contributed by atoms with Gasteiger partial charge in [0, 0.05) is 18.7 Å². The van der Waals surface area contributed by atoms with E-state index in [1.165, 1.54) is 10.9 Å². The molecule has 0 aliphatic carbocycles. The fourth-order valence-electron chi connectivity index (χ4n) is 3.96. The quantitative estimate of drug-likeness (QED) is 0.298. The lowest BCUT2D eigenvalue weighted by atomic mass is 10.0. The molecule has 6 N–H and O–H groups in total. The average Bonchev–Trinajstić information content (AvgIpc) is 3.30. The first kappa shape index (κ1) is 25.3. The average molecular weight is 519 g/mol. The zero-order valence-corrected chi connectivity index (χ0v) is 19.2. The van der Waals surface area contributed by atoms with Crippen LogP contribution in [0.5, 0.6) is 0 Å². The molecule has 1 saturated heterocycles. The summed E-state index contributed by atoms with van der Waals surface area (Å²) in [5.41, 5.74) is 10.5. The Labute approximate surface area is 200 Å². The van der Waals surface area contributed by atoms with E-state index in [-0.39, 0.29) is 22.3 Å². The number of ether oxygens (including phenoxy) is 1. The second-order valence-electron chi connectivity index (χ2n) is 8.12. The number of hydrogen-bond donors (Lipinski definition) is 4. The number of halogens is 5. The van der Waals surface area contributed by atoms with Crippen molar-refractivity contribution in [2.24, 2.45) is 12.8 Å². The van der Waals surface area contributed by atoms with Crippen LogP contribution in [0.3, 0.4) is 0 Å². The Morgan fingerprint density at radius 3 is 2.77 bits per heavy atom. The summed E-state index contributed by atoms with van der Waals surface area (Å²) >= 11 is 0.685. The van der Waals surface area contributed by atoms with Crippen molar-refractivity contribution < 1.29 is 31.8 Å². The molecule has 0 bridgehead atoms. The molecule has 1 aromatic carbocycles. The standard InChI is InChI=1S/C21H23F5N6O2S/c1-32-17(14-6-5-12(27)11(23)8-34-14)13(7-29-32)30-19(33)16-18(28)35-20(31-16)9-3-2-4-10(22)15(9)21(24,25)26/h2-4,7,11-12,14,19,30,33H,5-6,8,27-28H2,1H3/t11-,12-,14+,19?/m1/s1. The lowest BCUT2D eigenvalue weighted by molar-refractivity contribution is -0.139. The largest absolute Gasteiger partial charge is 0.419 e. The van der Waals surface area contributed by atoms with E-state index in [1.54, 1.807) is 7.05 Å². The van der Waals surface area contributed by atoms with Crippen LogP contribution in [0.25, 0.3) is 10.6 Å². The zero-order valence-electron chi connectivity index (χ0n) is 18.4. The summed E-state index contributed by atoms with van der Waals surface area (Å²) in [6.45, 7) is -0.198. The number of aliphatic hydroxyl groups is 1. The van der Waals surface area contributed by atoms with Crippen LogP contribution in [0.15, 0.2) is 24.4 Å². The minimum absolute atomic E-state index is 0.0558. The van der Waals surface area contributed by atoms with E-state index < -0.39 is 47.7 Å². The highest BCUT2D eigenvalue weighted by Crippen LogP contribution is 2.42. The normalized spacial score (nSPS) is 22.1. The number of nitrogens with two attached hydrogens (primary N) is 2. The molecule has 190 valence electrons. The molecule has 3 aromatic rings. The van der Waals surface area contributed by atoms with Gasteiger partial charge in [-0.2, -0.15) is 18.3 Å². The van der Waals surface area contributed by atoms with Gasteiger partial charge in [-0.15, -0.1) is 0 Å². The Kier molecular flexibility index (Phi) is 6.99.